The standard InChI is InChI=1S/C14H18BrN5/c1-8-10(7-20(2)19-8)14-17-12(9-5-3-4-6-9)11(15)13(16)18-14/h7,9H,3-6H2,1-2H3,(H2,16,17,18). The molecule has 3 rings (SSSR count). The van der Waals surface area contributed by atoms with Crippen LogP contribution in [0.25, 0.3) is 11.4 Å². The molecule has 2 N–H and O–H groups in total. The molecule has 0 radical (unpaired) electrons. The quantitative estimate of drug-likeness (QED) is 0.914. The van der Waals surface area contributed by atoms with Crippen molar-refractivity contribution >= 4 is 21.7 Å². The summed E-state index contributed by atoms with van der Waals surface area (Å²) in [6.07, 6.45) is 6.84. The highest BCUT2D eigenvalue weighted by atomic mass is 79.9. The third-order valence-electron chi connectivity index (χ3n) is 3.90. The van der Waals surface area contributed by atoms with Crippen molar-refractivity contribution < 1.29 is 0 Å². The molecule has 0 bridgehead atoms. The normalized spacial score (nSPS) is 15.9. The fourth-order valence-corrected chi connectivity index (χ4v) is 3.39. The lowest BCUT2D eigenvalue weighted by molar-refractivity contribution is 0.691. The smallest absolute Gasteiger partial charge is 0.165 e. The van der Waals surface area contributed by atoms with Crippen molar-refractivity contribution in [2.75, 3.05) is 5.73 Å². The van der Waals surface area contributed by atoms with Crippen molar-refractivity contribution in [2.24, 2.45) is 7.05 Å². The number of anilines is 1. The highest BCUT2D eigenvalue weighted by molar-refractivity contribution is 9.10. The predicted molar refractivity (Wildman–Crippen MR) is 82.3 cm³/mol. The molecule has 2 aromatic heterocycles. The van der Waals surface area contributed by atoms with E-state index in [9.17, 15) is 0 Å². The number of hydrogen-bond donors (Lipinski definition) is 1. The predicted octanol–water partition coefficient (Wildman–Crippen LogP) is 3.19. The number of aromatic nitrogens is 4. The first-order valence-corrected chi connectivity index (χ1v) is 7.69. The van der Waals surface area contributed by atoms with Gasteiger partial charge in [0.1, 0.15) is 5.82 Å². The van der Waals surface area contributed by atoms with Crippen molar-refractivity contribution in [2.45, 2.75) is 38.5 Å². The summed E-state index contributed by atoms with van der Waals surface area (Å²) in [7, 11) is 1.90. The molecule has 5 nitrogen and oxygen atoms in total. The van der Waals surface area contributed by atoms with Crippen molar-refractivity contribution in [3.63, 3.8) is 0 Å². The minimum absolute atomic E-state index is 0.491. The van der Waals surface area contributed by atoms with E-state index in [1.165, 1.54) is 25.7 Å². The molecule has 1 aliphatic rings. The molecule has 0 aromatic carbocycles. The molecular weight excluding hydrogens is 318 g/mol. The van der Waals surface area contributed by atoms with Gasteiger partial charge in [-0.3, -0.25) is 4.68 Å². The Bertz CT molecular complexity index is 643. The maximum absolute atomic E-state index is 6.06. The van der Waals surface area contributed by atoms with Gasteiger partial charge in [-0.15, -0.1) is 0 Å². The first-order valence-electron chi connectivity index (χ1n) is 6.89. The molecule has 0 saturated heterocycles. The highest BCUT2D eigenvalue weighted by Gasteiger charge is 2.24. The van der Waals surface area contributed by atoms with E-state index in [2.05, 4.69) is 26.0 Å². The van der Waals surface area contributed by atoms with Gasteiger partial charge in [0.05, 0.1) is 21.4 Å². The average molecular weight is 336 g/mol. The Morgan fingerprint density at radius 3 is 2.60 bits per heavy atom. The van der Waals surface area contributed by atoms with Gasteiger partial charge in [-0.25, -0.2) is 9.97 Å². The third-order valence-corrected chi connectivity index (χ3v) is 4.71. The van der Waals surface area contributed by atoms with E-state index in [4.69, 9.17) is 10.7 Å². The molecule has 0 spiro atoms. The summed E-state index contributed by atoms with van der Waals surface area (Å²) in [5.74, 6) is 1.68. The molecule has 2 heterocycles. The lowest BCUT2D eigenvalue weighted by atomic mass is 10.0. The molecule has 2 aromatic rings. The van der Waals surface area contributed by atoms with E-state index >= 15 is 0 Å². The SMILES string of the molecule is Cc1nn(C)cc1-c1nc(N)c(Br)c(C2CCCC2)n1. The summed E-state index contributed by atoms with van der Waals surface area (Å²) in [5, 5.41) is 4.35. The largest absolute Gasteiger partial charge is 0.383 e. The van der Waals surface area contributed by atoms with Crippen LogP contribution >= 0.6 is 15.9 Å². The molecule has 20 heavy (non-hydrogen) atoms. The van der Waals surface area contributed by atoms with Crippen molar-refractivity contribution in [3.05, 3.63) is 22.1 Å². The molecule has 1 saturated carbocycles. The lowest BCUT2D eigenvalue weighted by Gasteiger charge is -2.13. The van der Waals surface area contributed by atoms with Crippen LogP contribution in [0.5, 0.6) is 0 Å². The van der Waals surface area contributed by atoms with Crippen molar-refractivity contribution in [1.29, 1.82) is 0 Å². The number of halogens is 1. The van der Waals surface area contributed by atoms with Gasteiger partial charge in [-0.1, -0.05) is 12.8 Å². The molecule has 0 unspecified atom stereocenters. The average Bonchev–Trinajstić information content (AvgIpc) is 3.02. The van der Waals surface area contributed by atoms with E-state index in [-0.39, 0.29) is 0 Å². The van der Waals surface area contributed by atoms with Crippen LogP contribution in [0.2, 0.25) is 0 Å². The first-order chi connectivity index (χ1) is 9.56. The Hall–Kier alpha value is -1.43. The molecular formula is C14H18BrN5. The Balaban J connectivity index is 2.10. The molecule has 1 fully saturated rings. The van der Waals surface area contributed by atoms with E-state index in [0.29, 0.717) is 17.6 Å². The third kappa shape index (κ3) is 2.32. The number of aryl methyl sites for hydroxylation is 2. The van der Waals surface area contributed by atoms with Crippen LogP contribution in [0, 0.1) is 6.92 Å². The Morgan fingerprint density at radius 1 is 1.30 bits per heavy atom. The van der Waals surface area contributed by atoms with E-state index < -0.39 is 0 Å². The monoisotopic (exact) mass is 335 g/mol. The maximum Gasteiger partial charge on any atom is 0.165 e. The van der Waals surface area contributed by atoms with Gasteiger partial charge < -0.3 is 5.73 Å². The molecule has 1 aliphatic carbocycles. The van der Waals surface area contributed by atoms with Crippen LogP contribution < -0.4 is 5.73 Å². The van der Waals surface area contributed by atoms with Gasteiger partial charge in [-0.05, 0) is 35.7 Å². The van der Waals surface area contributed by atoms with Crippen LogP contribution in [0.4, 0.5) is 5.82 Å². The molecule has 106 valence electrons. The summed E-state index contributed by atoms with van der Waals surface area (Å²) >= 11 is 3.55. The number of rotatable bonds is 2. The first kappa shape index (κ1) is 13.5. The topological polar surface area (TPSA) is 69.6 Å². The zero-order valence-corrected chi connectivity index (χ0v) is 13.3. The minimum Gasteiger partial charge on any atom is -0.383 e. The fourth-order valence-electron chi connectivity index (χ4n) is 2.89. The van der Waals surface area contributed by atoms with Crippen LogP contribution in [0.1, 0.15) is 43.0 Å². The van der Waals surface area contributed by atoms with Crippen LogP contribution in [0.3, 0.4) is 0 Å². The number of nitrogens with zero attached hydrogens (tertiary/aromatic N) is 4. The fraction of sp³-hybridized carbons (Fsp3) is 0.500. The van der Waals surface area contributed by atoms with Crippen LogP contribution in [0.15, 0.2) is 10.7 Å². The number of nitrogen functional groups attached to an aromatic ring is 1. The second kappa shape index (κ2) is 5.16. The van der Waals surface area contributed by atoms with Gasteiger partial charge in [0.2, 0.25) is 0 Å². The highest BCUT2D eigenvalue weighted by Crippen LogP contribution is 2.39. The van der Waals surface area contributed by atoms with Crippen LogP contribution in [-0.4, -0.2) is 19.7 Å². The molecule has 0 amide bonds. The van der Waals surface area contributed by atoms with Crippen molar-refractivity contribution in [1.82, 2.24) is 19.7 Å². The second-order valence-corrected chi connectivity index (χ2v) is 6.21. The molecule has 0 atom stereocenters. The van der Waals surface area contributed by atoms with Crippen molar-refractivity contribution in [3.8, 4) is 11.4 Å². The summed E-state index contributed by atoms with van der Waals surface area (Å²) in [4.78, 5) is 9.18. The van der Waals surface area contributed by atoms with Gasteiger partial charge >= 0.3 is 0 Å². The Morgan fingerprint density at radius 2 is 2.00 bits per heavy atom. The summed E-state index contributed by atoms with van der Waals surface area (Å²) in [6, 6.07) is 0. The Kier molecular flexibility index (Phi) is 3.50. The summed E-state index contributed by atoms with van der Waals surface area (Å²) < 4.78 is 2.64. The van der Waals surface area contributed by atoms with Gasteiger partial charge in [0.15, 0.2) is 5.82 Å². The lowest BCUT2D eigenvalue weighted by Crippen LogP contribution is -2.06. The van der Waals surface area contributed by atoms with Gasteiger partial charge in [0, 0.05) is 19.2 Å². The second-order valence-electron chi connectivity index (χ2n) is 5.41. The van der Waals surface area contributed by atoms with E-state index in [0.717, 1.165) is 21.4 Å². The summed E-state index contributed by atoms with van der Waals surface area (Å²) in [5.41, 5.74) is 8.98. The zero-order valence-electron chi connectivity index (χ0n) is 11.7. The summed E-state index contributed by atoms with van der Waals surface area (Å²) in [6.45, 7) is 1.96. The molecule has 0 aliphatic heterocycles. The minimum atomic E-state index is 0.491. The van der Waals surface area contributed by atoms with Gasteiger partial charge in [0.25, 0.3) is 0 Å². The molecule has 6 heteroatoms. The van der Waals surface area contributed by atoms with Crippen LogP contribution in [-0.2, 0) is 7.05 Å². The van der Waals surface area contributed by atoms with Gasteiger partial charge in [-0.2, -0.15) is 5.10 Å². The maximum atomic E-state index is 6.06. The number of nitrogens with two attached hydrogens (primary N) is 1. The van der Waals surface area contributed by atoms with E-state index in [1.807, 2.05) is 20.2 Å². The number of hydrogen-bond acceptors (Lipinski definition) is 4. The van der Waals surface area contributed by atoms with E-state index in [1.54, 1.807) is 4.68 Å². The zero-order chi connectivity index (χ0) is 14.3. The Labute approximate surface area is 126 Å².